The summed E-state index contributed by atoms with van der Waals surface area (Å²) in [6.07, 6.45) is 1.16. The quantitative estimate of drug-likeness (QED) is 0.606. The maximum Gasteiger partial charge on any atom is 0.337 e. The molecular formula is C20H19NO2S. The number of nitrogens with two attached hydrogens (primary N) is 1. The van der Waals surface area contributed by atoms with E-state index in [-0.39, 0.29) is 16.7 Å². The zero-order valence-electron chi connectivity index (χ0n) is 13.7. The van der Waals surface area contributed by atoms with Crippen LogP contribution in [-0.2, 0) is 5.41 Å². The maximum atomic E-state index is 11.0. The fourth-order valence-electron chi connectivity index (χ4n) is 2.79. The molecule has 1 heterocycles. The smallest absolute Gasteiger partial charge is 0.337 e. The van der Waals surface area contributed by atoms with Crippen LogP contribution in [0.15, 0.2) is 41.3 Å². The number of fused-ring (bicyclic) bond motifs is 1. The molecule has 0 aromatic heterocycles. The molecule has 2 aromatic carbocycles. The van der Waals surface area contributed by atoms with Crippen LogP contribution >= 0.6 is 11.8 Å². The molecule has 2 aromatic rings. The van der Waals surface area contributed by atoms with Gasteiger partial charge in [-0.05, 0) is 59.6 Å². The van der Waals surface area contributed by atoms with Gasteiger partial charge in [0.1, 0.15) is 0 Å². The number of thioether (sulfide) groups is 1. The Bertz CT molecular complexity index is 875. The van der Waals surface area contributed by atoms with E-state index < -0.39 is 5.97 Å². The normalized spacial score (nSPS) is 15.1. The van der Waals surface area contributed by atoms with Crippen LogP contribution in [0.2, 0.25) is 0 Å². The van der Waals surface area contributed by atoms with Gasteiger partial charge in [-0.15, -0.1) is 11.8 Å². The van der Waals surface area contributed by atoms with Gasteiger partial charge in [0.25, 0.3) is 0 Å². The molecule has 0 radical (unpaired) electrons. The van der Waals surface area contributed by atoms with Crippen molar-refractivity contribution in [3.05, 3.63) is 58.7 Å². The third kappa shape index (κ3) is 3.27. The van der Waals surface area contributed by atoms with E-state index in [1.165, 1.54) is 16.5 Å². The second-order valence-electron chi connectivity index (χ2n) is 6.55. The van der Waals surface area contributed by atoms with Crippen LogP contribution < -0.4 is 5.73 Å². The van der Waals surface area contributed by atoms with E-state index in [4.69, 9.17) is 10.8 Å². The van der Waals surface area contributed by atoms with Gasteiger partial charge in [0.2, 0.25) is 0 Å². The molecule has 24 heavy (non-hydrogen) atoms. The zero-order valence-corrected chi connectivity index (χ0v) is 14.5. The van der Waals surface area contributed by atoms with E-state index in [1.54, 1.807) is 12.1 Å². The van der Waals surface area contributed by atoms with E-state index >= 15 is 0 Å². The van der Waals surface area contributed by atoms with Crippen molar-refractivity contribution < 1.29 is 9.90 Å². The number of rotatable bonds is 1. The number of benzene rings is 2. The number of hydrogen-bond donors (Lipinski definition) is 2. The molecule has 0 aliphatic carbocycles. The Morgan fingerprint density at radius 2 is 1.83 bits per heavy atom. The first kappa shape index (κ1) is 16.5. The Labute approximate surface area is 146 Å². The van der Waals surface area contributed by atoms with Crippen LogP contribution in [0, 0.1) is 11.8 Å². The molecule has 0 unspecified atom stereocenters. The molecule has 0 spiro atoms. The Balaban J connectivity index is 1.92. The summed E-state index contributed by atoms with van der Waals surface area (Å²) in [7, 11) is 0. The van der Waals surface area contributed by atoms with E-state index in [0.29, 0.717) is 5.56 Å². The molecule has 3 nitrogen and oxygen atoms in total. The summed E-state index contributed by atoms with van der Waals surface area (Å²) in [4.78, 5) is 12.3. The first-order valence-corrected chi connectivity index (χ1v) is 8.77. The monoisotopic (exact) mass is 337 g/mol. The van der Waals surface area contributed by atoms with Crippen molar-refractivity contribution >= 4 is 23.4 Å². The van der Waals surface area contributed by atoms with E-state index in [0.717, 1.165) is 17.7 Å². The second kappa shape index (κ2) is 6.26. The molecule has 0 bridgehead atoms. The molecule has 3 rings (SSSR count). The van der Waals surface area contributed by atoms with Gasteiger partial charge in [-0.1, -0.05) is 25.7 Å². The molecule has 1 aliphatic heterocycles. The lowest BCUT2D eigenvalue weighted by molar-refractivity contribution is 0.0698. The average Bonchev–Trinajstić information content (AvgIpc) is 2.52. The lowest BCUT2D eigenvalue weighted by atomic mass is 9.81. The largest absolute Gasteiger partial charge is 0.478 e. The minimum absolute atomic E-state index is 0.105. The highest BCUT2D eigenvalue weighted by atomic mass is 32.2. The molecule has 4 heteroatoms. The van der Waals surface area contributed by atoms with Crippen molar-refractivity contribution in [3.63, 3.8) is 0 Å². The second-order valence-corrected chi connectivity index (χ2v) is 7.69. The van der Waals surface area contributed by atoms with Crippen LogP contribution in [0.25, 0.3) is 0 Å². The molecule has 0 amide bonds. The van der Waals surface area contributed by atoms with Crippen LogP contribution in [0.3, 0.4) is 0 Å². The minimum atomic E-state index is -1.03. The van der Waals surface area contributed by atoms with Crippen molar-refractivity contribution in [2.24, 2.45) is 0 Å². The van der Waals surface area contributed by atoms with Gasteiger partial charge >= 0.3 is 5.97 Å². The first-order valence-electron chi connectivity index (χ1n) is 7.79. The highest BCUT2D eigenvalue weighted by Crippen LogP contribution is 2.41. The van der Waals surface area contributed by atoms with Crippen molar-refractivity contribution in [2.45, 2.75) is 30.6 Å². The van der Waals surface area contributed by atoms with Gasteiger partial charge in [0, 0.05) is 21.7 Å². The highest BCUT2D eigenvalue weighted by Gasteiger charge is 2.27. The lowest BCUT2D eigenvalue weighted by Gasteiger charge is -2.32. The fourth-order valence-corrected chi connectivity index (χ4v) is 4.28. The minimum Gasteiger partial charge on any atom is -0.478 e. The molecule has 0 saturated carbocycles. The third-order valence-electron chi connectivity index (χ3n) is 4.33. The van der Waals surface area contributed by atoms with Crippen molar-refractivity contribution in [1.82, 2.24) is 0 Å². The summed E-state index contributed by atoms with van der Waals surface area (Å²) in [5.74, 6) is 6.36. The summed E-state index contributed by atoms with van der Waals surface area (Å²) in [6.45, 7) is 4.54. The van der Waals surface area contributed by atoms with Crippen LogP contribution in [0.5, 0.6) is 0 Å². The van der Waals surface area contributed by atoms with E-state index in [1.807, 2.05) is 17.8 Å². The van der Waals surface area contributed by atoms with Gasteiger partial charge in [-0.2, -0.15) is 0 Å². The van der Waals surface area contributed by atoms with Crippen molar-refractivity contribution in [2.75, 3.05) is 11.5 Å². The van der Waals surface area contributed by atoms with Crippen LogP contribution in [0.4, 0.5) is 5.69 Å². The molecule has 3 N–H and O–H groups in total. The van der Waals surface area contributed by atoms with Gasteiger partial charge in [-0.3, -0.25) is 0 Å². The van der Waals surface area contributed by atoms with Crippen molar-refractivity contribution in [1.29, 1.82) is 0 Å². The molecule has 1 aliphatic rings. The predicted octanol–water partition coefficient (Wildman–Crippen LogP) is 4.14. The average molecular weight is 337 g/mol. The summed E-state index contributed by atoms with van der Waals surface area (Å²) in [5, 5.41) is 9.01. The SMILES string of the molecule is CC1(C)CCSc2ccc(C#Cc3ccc(C(=O)O)c(N)c3)cc21. The Morgan fingerprint density at radius 3 is 2.50 bits per heavy atom. The first-order chi connectivity index (χ1) is 11.4. The summed E-state index contributed by atoms with van der Waals surface area (Å²) in [6, 6.07) is 11.1. The fraction of sp³-hybridized carbons (Fsp3) is 0.250. The van der Waals surface area contributed by atoms with Crippen molar-refractivity contribution in [3.8, 4) is 11.8 Å². The summed E-state index contributed by atoms with van der Waals surface area (Å²) in [5.41, 5.74) is 9.31. The molecular weight excluding hydrogens is 318 g/mol. The number of nitrogen functional groups attached to an aromatic ring is 1. The Morgan fingerprint density at radius 1 is 1.17 bits per heavy atom. The van der Waals surface area contributed by atoms with Crippen LogP contribution in [0.1, 0.15) is 47.3 Å². The standard InChI is InChI=1S/C20H19NO2S/c1-20(2)9-10-24-18-8-6-13(11-16(18)20)3-4-14-5-7-15(19(22)23)17(21)12-14/h5-8,11-12H,9-10,21H2,1-2H3,(H,22,23). The number of aromatic carboxylic acids is 1. The number of anilines is 1. The lowest BCUT2D eigenvalue weighted by Crippen LogP contribution is -2.22. The summed E-state index contributed by atoms with van der Waals surface area (Å²) < 4.78 is 0. The van der Waals surface area contributed by atoms with Gasteiger partial charge in [-0.25, -0.2) is 4.79 Å². The molecule has 0 atom stereocenters. The Kier molecular flexibility index (Phi) is 4.29. The van der Waals surface area contributed by atoms with E-state index in [9.17, 15) is 4.79 Å². The Hall–Kier alpha value is -2.38. The zero-order chi connectivity index (χ0) is 17.3. The summed E-state index contributed by atoms with van der Waals surface area (Å²) >= 11 is 1.90. The predicted molar refractivity (Wildman–Crippen MR) is 98.6 cm³/mol. The number of hydrogen-bond acceptors (Lipinski definition) is 3. The molecule has 122 valence electrons. The van der Waals surface area contributed by atoms with Gasteiger partial charge in [0.05, 0.1) is 5.56 Å². The topological polar surface area (TPSA) is 63.3 Å². The van der Waals surface area contributed by atoms with E-state index in [2.05, 4.69) is 37.8 Å². The highest BCUT2D eigenvalue weighted by molar-refractivity contribution is 7.99. The van der Waals surface area contributed by atoms with Gasteiger partial charge < -0.3 is 10.8 Å². The van der Waals surface area contributed by atoms with Gasteiger partial charge in [0.15, 0.2) is 0 Å². The number of carbonyl (C=O) groups is 1. The van der Waals surface area contributed by atoms with Crippen LogP contribution in [-0.4, -0.2) is 16.8 Å². The third-order valence-corrected chi connectivity index (χ3v) is 5.40. The number of carboxylic acids is 1. The molecule has 0 saturated heterocycles. The number of carboxylic acid groups (broad SMARTS) is 1. The molecule has 0 fully saturated rings. The maximum absolute atomic E-state index is 11.0.